The molecule has 3 aliphatic rings. The molecule has 2 aromatic heterocycles. The summed E-state index contributed by atoms with van der Waals surface area (Å²) >= 11 is 6.27. The van der Waals surface area contributed by atoms with Crippen molar-refractivity contribution in [1.82, 2.24) is 19.9 Å². The molecule has 2 fully saturated rings. The van der Waals surface area contributed by atoms with Crippen LogP contribution in [0.2, 0.25) is 5.02 Å². The fraction of sp³-hybridized carbons (Fsp3) is 0.440. The summed E-state index contributed by atoms with van der Waals surface area (Å²) in [4.78, 5) is 23.4. The van der Waals surface area contributed by atoms with E-state index in [-0.39, 0.29) is 5.92 Å². The summed E-state index contributed by atoms with van der Waals surface area (Å²) in [5.74, 6) is 2.96. The number of aromatic nitrogens is 4. The minimum atomic E-state index is -0.128. The maximum Gasteiger partial charge on any atom is 0.230 e. The van der Waals surface area contributed by atoms with Gasteiger partial charge in [-0.15, -0.1) is 0 Å². The Morgan fingerprint density at radius 2 is 1.15 bits per heavy atom. The number of ether oxygens (including phenoxy) is 1. The van der Waals surface area contributed by atoms with E-state index in [0.29, 0.717) is 16.8 Å². The van der Waals surface area contributed by atoms with Crippen molar-refractivity contribution in [3.05, 3.63) is 58.6 Å². The van der Waals surface area contributed by atoms with Crippen LogP contribution in [-0.4, -0.2) is 46.1 Å². The molecular weight excluding hydrogens is 436 g/mol. The van der Waals surface area contributed by atoms with Gasteiger partial charge in [0, 0.05) is 31.2 Å². The summed E-state index contributed by atoms with van der Waals surface area (Å²) in [5.41, 5.74) is 3.12. The van der Waals surface area contributed by atoms with Gasteiger partial charge in [0.25, 0.3) is 0 Å². The van der Waals surface area contributed by atoms with Gasteiger partial charge in [-0.05, 0) is 56.2 Å². The molecule has 0 saturated carbocycles. The maximum atomic E-state index is 6.33. The molecule has 33 heavy (non-hydrogen) atoms. The lowest BCUT2D eigenvalue weighted by atomic mass is 9.84. The molecule has 3 aromatic rings. The molecule has 0 aliphatic carbocycles. The normalized spacial score (nSPS) is 18.5. The van der Waals surface area contributed by atoms with Gasteiger partial charge in [0.1, 0.15) is 24.3 Å². The third kappa shape index (κ3) is 3.78. The average molecular weight is 463 g/mol. The van der Waals surface area contributed by atoms with E-state index in [0.717, 1.165) is 54.5 Å². The van der Waals surface area contributed by atoms with Crippen LogP contribution in [0, 0.1) is 0 Å². The van der Waals surface area contributed by atoms with E-state index in [9.17, 15) is 0 Å². The van der Waals surface area contributed by atoms with Crippen LogP contribution in [-0.2, 0) is 0 Å². The molecule has 0 radical (unpaired) electrons. The molecule has 0 amide bonds. The highest BCUT2D eigenvalue weighted by molar-refractivity contribution is 6.30. The SMILES string of the molecule is Clc1ccc(C2c3c(ncnc3N3CCCCC3)Oc3ncnc(N4CCCCC4)c32)cc1. The number of hydrogen-bond donors (Lipinski definition) is 0. The van der Waals surface area contributed by atoms with Crippen LogP contribution in [0.1, 0.15) is 61.1 Å². The van der Waals surface area contributed by atoms with Gasteiger partial charge in [0.15, 0.2) is 0 Å². The second-order valence-electron chi connectivity index (χ2n) is 9.01. The van der Waals surface area contributed by atoms with Gasteiger partial charge in [-0.25, -0.2) is 19.9 Å². The number of anilines is 2. The Morgan fingerprint density at radius 3 is 1.64 bits per heavy atom. The first-order valence-electron chi connectivity index (χ1n) is 11.9. The first-order chi connectivity index (χ1) is 16.3. The van der Waals surface area contributed by atoms with Crippen LogP contribution >= 0.6 is 11.6 Å². The first-order valence-corrected chi connectivity index (χ1v) is 12.3. The summed E-state index contributed by atoms with van der Waals surface area (Å²) in [6, 6.07) is 8.07. The Kier molecular flexibility index (Phi) is 5.50. The highest BCUT2D eigenvalue weighted by Gasteiger charge is 2.38. The molecule has 170 valence electrons. The van der Waals surface area contributed by atoms with Crippen molar-refractivity contribution in [3.8, 4) is 11.8 Å². The average Bonchev–Trinajstić information content (AvgIpc) is 2.88. The van der Waals surface area contributed by atoms with Crippen molar-refractivity contribution in [3.63, 3.8) is 0 Å². The van der Waals surface area contributed by atoms with Gasteiger partial charge >= 0.3 is 0 Å². The van der Waals surface area contributed by atoms with Gasteiger partial charge in [0.2, 0.25) is 11.8 Å². The zero-order valence-corrected chi connectivity index (χ0v) is 19.3. The smallest absolute Gasteiger partial charge is 0.230 e. The predicted molar refractivity (Wildman–Crippen MR) is 129 cm³/mol. The second-order valence-corrected chi connectivity index (χ2v) is 9.45. The van der Waals surface area contributed by atoms with E-state index < -0.39 is 0 Å². The molecule has 2 saturated heterocycles. The Labute approximate surface area is 198 Å². The van der Waals surface area contributed by atoms with Crippen molar-refractivity contribution in [2.45, 2.75) is 44.4 Å². The minimum Gasteiger partial charge on any atom is -0.420 e. The topological polar surface area (TPSA) is 67.3 Å². The van der Waals surface area contributed by atoms with Gasteiger partial charge in [-0.3, -0.25) is 0 Å². The van der Waals surface area contributed by atoms with Crippen LogP contribution in [0.5, 0.6) is 11.8 Å². The summed E-state index contributed by atoms with van der Waals surface area (Å²) < 4.78 is 6.33. The lowest BCUT2D eigenvalue weighted by Crippen LogP contribution is -2.34. The summed E-state index contributed by atoms with van der Waals surface area (Å²) in [5, 5.41) is 0.715. The quantitative estimate of drug-likeness (QED) is 0.415. The lowest BCUT2D eigenvalue weighted by Gasteiger charge is -2.36. The van der Waals surface area contributed by atoms with Gasteiger partial charge < -0.3 is 14.5 Å². The van der Waals surface area contributed by atoms with Crippen molar-refractivity contribution >= 4 is 23.2 Å². The molecule has 0 N–H and O–H groups in total. The van der Waals surface area contributed by atoms with Gasteiger partial charge in [-0.2, -0.15) is 0 Å². The molecule has 0 atom stereocenters. The monoisotopic (exact) mass is 462 g/mol. The van der Waals surface area contributed by atoms with Crippen LogP contribution < -0.4 is 14.5 Å². The fourth-order valence-corrected chi connectivity index (χ4v) is 5.48. The molecular formula is C25H27ClN6O. The fourth-order valence-electron chi connectivity index (χ4n) is 5.35. The number of piperidine rings is 2. The molecule has 3 aliphatic heterocycles. The number of fused-ring (bicyclic) bond motifs is 2. The molecule has 7 nitrogen and oxygen atoms in total. The summed E-state index contributed by atoms with van der Waals surface area (Å²) in [6.07, 6.45) is 10.4. The zero-order chi connectivity index (χ0) is 22.2. The summed E-state index contributed by atoms with van der Waals surface area (Å²) in [7, 11) is 0. The number of nitrogens with zero attached hydrogens (tertiary/aromatic N) is 6. The van der Waals surface area contributed by atoms with E-state index in [1.165, 1.54) is 38.5 Å². The van der Waals surface area contributed by atoms with Crippen LogP contribution in [0.4, 0.5) is 11.6 Å². The molecule has 5 heterocycles. The molecule has 0 unspecified atom stereocenters. The summed E-state index contributed by atoms with van der Waals surface area (Å²) in [6.45, 7) is 3.98. The Hall–Kier alpha value is -2.93. The Morgan fingerprint density at radius 1 is 0.667 bits per heavy atom. The van der Waals surface area contributed by atoms with Crippen molar-refractivity contribution < 1.29 is 4.74 Å². The molecule has 1 aromatic carbocycles. The zero-order valence-electron chi connectivity index (χ0n) is 18.6. The second kappa shape index (κ2) is 8.78. The molecule has 0 spiro atoms. The highest BCUT2D eigenvalue weighted by Crippen LogP contribution is 2.51. The molecule has 0 bridgehead atoms. The molecule has 6 rings (SSSR count). The highest BCUT2D eigenvalue weighted by atomic mass is 35.5. The predicted octanol–water partition coefficient (Wildman–Crippen LogP) is 5.19. The third-order valence-corrected chi connectivity index (χ3v) is 7.19. The third-order valence-electron chi connectivity index (χ3n) is 6.94. The lowest BCUT2D eigenvalue weighted by molar-refractivity contribution is 0.411. The molecule has 8 heteroatoms. The van der Waals surface area contributed by atoms with Crippen LogP contribution in [0.25, 0.3) is 0 Å². The minimum absolute atomic E-state index is 0.128. The van der Waals surface area contributed by atoms with E-state index >= 15 is 0 Å². The number of hydrogen-bond acceptors (Lipinski definition) is 7. The number of rotatable bonds is 3. The van der Waals surface area contributed by atoms with E-state index in [2.05, 4.69) is 31.9 Å². The van der Waals surface area contributed by atoms with Gasteiger partial charge in [0.05, 0.1) is 17.0 Å². The van der Waals surface area contributed by atoms with Gasteiger partial charge in [-0.1, -0.05) is 23.7 Å². The largest absolute Gasteiger partial charge is 0.420 e. The maximum absolute atomic E-state index is 6.33. The number of halogens is 1. The number of benzene rings is 1. The van der Waals surface area contributed by atoms with Crippen molar-refractivity contribution in [1.29, 1.82) is 0 Å². The Bertz CT molecular complexity index is 1070. The van der Waals surface area contributed by atoms with Crippen molar-refractivity contribution in [2.75, 3.05) is 36.0 Å². The Balaban J connectivity index is 1.56. The first kappa shape index (κ1) is 20.7. The van der Waals surface area contributed by atoms with Crippen LogP contribution in [0.15, 0.2) is 36.9 Å². The van der Waals surface area contributed by atoms with E-state index in [1.54, 1.807) is 12.7 Å². The standard InChI is InChI=1S/C25H27ClN6O/c26-18-9-7-17(8-10-18)19-20-22(31-11-3-1-4-12-31)27-15-29-24(20)33-25-21(19)23(28-16-30-25)32-13-5-2-6-14-32/h7-10,15-16,19H,1-6,11-14H2. The van der Waals surface area contributed by atoms with Crippen LogP contribution in [0.3, 0.4) is 0 Å². The van der Waals surface area contributed by atoms with E-state index in [4.69, 9.17) is 26.3 Å². The van der Waals surface area contributed by atoms with Crippen molar-refractivity contribution in [2.24, 2.45) is 0 Å². The van der Waals surface area contributed by atoms with E-state index in [1.807, 2.05) is 12.1 Å².